The van der Waals surface area contributed by atoms with E-state index in [1.165, 1.54) is 43.2 Å². The van der Waals surface area contributed by atoms with Crippen LogP contribution in [0.3, 0.4) is 0 Å². The summed E-state index contributed by atoms with van der Waals surface area (Å²) in [6, 6.07) is 9.49. The molecule has 0 spiro atoms. The van der Waals surface area contributed by atoms with E-state index in [-0.39, 0.29) is 0 Å². The zero-order chi connectivity index (χ0) is 11.4. The van der Waals surface area contributed by atoms with Crippen LogP contribution in [-0.2, 0) is 6.42 Å². The number of rotatable bonds is 5. The molecule has 2 rings (SSSR count). The third-order valence-electron chi connectivity index (χ3n) is 4.08. The molecule has 0 heterocycles. The molecule has 0 radical (unpaired) electrons. The van der Waals surface area contributed by atoms with Gasteiger partial charge in [-0.1, -0.05) is 30.7 Å². The molecule has 1 heteroatoms. The van der Waals surface area contributed by atoms with Crippen LogP contribution in [-0.4, -0.2) is 13.1 Å². The summed E-state index contributed by atoms with van der Waals surface area (Å²) < 4.78 is 0. The first-order valence-electron chi connectivity index (χ1n) is 6.53. The second kappa shape index (κ2) is 5.49. The van der Waals surface area contributed by atoms with E-state index >= 15 is 0 Å². The monoisotopic (exact) mass is 217 g/mol. The number of nitrogens with one attached hydrogen (secondary N) is 1. The SMILES string of the molecule is CNC(CCc1ccccc1C)C1CCC1. The highest BCUT2D eigenvalue weighted by Crippen LogP contribution is 2.31. The fourth-order valence-corrected chi connectivity index (χ4v) is 2.66. The Kier molecular flexibility index (Phi) is 4.00. The van der Waals surface area contributed by atoms with Crippen molar-refractivity contribution in [3.05, 3.63) is 35.4 Å². The maximum atomic E-state index is 3.49. The largest absolute Gasteiger partial charge is 0.317 e. The summed E-state index contributed by atoms with van der Waals surface area (Å²) in [6.07, 6.45) is 6.80. The van der Waals surface area contributed by atoms with Crippen molar-refractivity contribution in [3.8, 4) is 0 Å². The molecule has 1 saturated carbocycles. The Morgan fingerprint density at radius 1 is 1.31 bits per heavy atom. The molecule has 1 nitrogen and oxygen atoms in total. The predicted octanol–water partition coefficient (Wildman–Crippen LogP) is 3.32. The van der Waals surface area contributed by atoms with Gasteiger partial charge in [-0.2, -0.15) is 0 Å². The highest BCUT2D eigenvalue weighted by Gasteiger charge is 2.25. The lowest BCUT2D eigenvalue weighted by Gasteiger charge is -2.33. The van der Waals surface area contributed by atoms with E-state index in [0.717, 1.165) is 12.0 Å². The van der Waals surface area contributed by atoms with Gasteiger partial charge >= 0.3 is 0 Å². The van der Waals surface area contributed by atoms with Gasteiger partial charge in [-0.15, -0.1) is 0 Å². The summed E-state index contributed by atoms with van der Waals surface area (Å²) in [5.74, 6) is 0.939. The van der Waals surface area contributed by atoms with E-state index in [4.69, 9.17) is 0 Å². The Morgan fingerprint density at radius 2 is 2.06 bits per heavy atom. The Morgan fingerprint density at radius 3 is 2.62 bits per heavy atom. The second-order valence-electron chi connectivity index (χ2n) is 5.05. The lowest BCUT2D eigenvalue weighted by Crippen LogP contribution is -2.37. The number of hydrogen-bond acceptors (Lipinski definition) is 1. The number of hydrogen-bond donors (Lipinski definition) is 1. The van der Waals surface area contributed by atoms with Gasteiger partial charge in [0.1, 0.15) is 0 Å². The maximum absolute atomic E-state index is 3.49. The molecule has 0 aliphatic heterocycles. The molecular formula is C15H23N. The topological polar surface area (TPSA) is 12.0 Å². The Balaban J connectivity index is 1.88. The summed E-state index contributed by atoms with van der Waals surface area (Å²) >= 11 is 0. The molecule has 1 unspecified atom stereocenters. The summed E-state index contributed by atoms with van der Waals surface area (Å²) in [5, 5.41) is 3.49. The van der Waals surface area contributed by atoms with Crippen LogP contribution in [0.25, 0.3) is 0 Å². The molecule has 1 aromatic rings. The van der Waals surface area contributed by atoms with Gasteiger partial charge in [-0.05, 0) is 56.7 Å². The van der Waals surface area contributed by atoms with E-state index in [2.05, 4.69) is 43.6 Å². The quantitative estimate of drug-likeness (QED) is 0.798. The van der Waals surface area contributed by atoms with Crippen LogP contribution in [0.5, 0.6) is 0 Å². The zero-order valence-electron chi connectivity index (χ0n) is 10.5. The van der Waals surface area contributed by atoms with E-state index in [0.29, 0.717) is 0 Å². The van der Waals surface area contributed by atoms with Gasteiger partial charge in [0.05, 0.1) is 0 Å². The van der Waals surface area contributed by atoms with Crippen molar-refractivity contribution in [3.63, 3.8) is 0 Å². The van der Waals surface area contributed by atoms with Gasteiger partial charge in [-0.3, -0.25) is 0 Å². The van der Waals surface area contributed by atoms with Crippen LogP contribution in [0.1, 0.15) is 36.8 Å². The molecule has 1 N–H and O–H groups in total. The molecule has 1 aliphatic rings. The summed E-state index contributed by atoms with van der Waals surface area (Å²) in [5.41, 5.74) is 2.95. The van der Waals surface area contributed by atoms with Crippen LogP contribution in [0, 0.1) is 12.8 Å². The average Bonchev–Trinajstić information content (AvgIpc) is 2.23. The van der Waals surface area contributed by atoms with E-state index in [9.17, 15) is 0 Å². The molecule has 1 fully saturated rings. The summed E-state index contributed by atoms with van der Waals surface area (Å²) in [4.78, 5) is 0. The van der Waals surface area contributed by atoms with Crippen LogP contribution in [0.2, 0.25) is 0 Å². The summed E-state index contributed by atoms with van der Waals surface area (Å²) in [6.45, 7) is 2.22. The minimum atomic E-state index is 0.730. The molecular weight excluding hydrogens is 194 g/mol. The van der Waals surface area contributed by atoms with Gasteiger partial charge in [-0.25, -0.2) is 0 Å². The molecule has 0 amide bonds. The Hall–Kier alpha value is -0.820. The zero-order valence-corrected chi connectivity index (χ0v) is 10.5. The first kappa shape index (κ1) is 11.7. The van der Waals surface area contributed by atoms with Crippen molar-refractivity contribution < 1.29 is 0 Å². The molecule has 88 valence electrons. The van der Waals surface area contributed by atoms with E-state index < -0.39 is 0 Å². The third-order valence-corrected chi connectivity index (χ3v) is 4.08. The van der Waals surface area contributed by atoms with Gasteiger partial charge < -0.3 is 5.32 Å². The lowest BCUT2D eigenvalue weighted by atomic mass is 9.78. The smallest absolute Gasteiger partial charge is 0.00954 e. The third kappa shape index (κ3) is 2.65. The molecule has 1 aromatic carbocycles. The van der Waals surface area contributed by atoms with Crippen molar-refractivity contribution in [1.82, 2.24) is 5.32 Å². The van der Waals surface area contributed by atoms with Gasteiger partial charge in [0, 0.05) is 6.04 Å². The van der Waals surface area contributed by atoms with Crippen molar-refractivity contribution in [2.24, 2.45) is 5.92 Å². The fraction of sp³-hybridized carbons (Fsp3) is 0.600. The van der Waals surface area contributed by atoms with Crippen LogP contribution in [0.15, 0.2) is 24.3 Å². The van der Waals surface area contributed by atoms with Crippen molar-refractivity contribution >= 4 is 0 Å². The Labute approximate surface area is 99.3 Å². The van der Waals surface area contributed by atoms with Crippen LogP contribution in [0.4, 0.5) is 0 Å². The molecule has 0 saturated heterocycles. The molecule has 0 bridgehead atoms. The van der Waals surface area contributed by atoms with Gasteiger partial charge in [0.15, 0.2) is 0 Å². The van der Waals surface area contributed by atoms with Crippen molar-refractivity contribution in [1.29, 1.82) is 0 Å². The maximum Gasteiger partial charge on any atom is 0.00954 e. The van der Waals surface area contributed by atoms with E-state index in [1.54, 1.807) is 0 Å². The minimum Gasteiger partial charge on any atom is -0.317 e. The first-order valence-corrected chi connectivity index (χ1v) is 6.53. The van der Waals surface area contributed by atoms with Gasteiger partial charge in [0.25, 0.3) is 0 Å². The van der Waals surface area contributed by atoms with Crippen LogP contribution < -0.4 is 5.32 Å². The molecule has 16 heavy (non-hydrogen) atoms. The highest BCUT2D eigenvalue weighted by molar-refractivity contribution is 5.25. The summed E-state index contributed by atoms with van der Waals surface area (Å²) in [7, 11) is 2.11. The lowest BCUT2D eigenvalue weighted by molar-refractivity contribution is 0.228. The van der Waals surface area contributed by atoms with E-state index in [1.807, 2.05) is 0 Å². The first-order chi connectivity index (χ1) is 7.81. The minimum absolute atomic E-state index is 0.730. The van der Waals surface area contributed by atoms with Gasteiger partial charge in [0.2, 0.25) is 0 Å². The van der Waals surface area contributed by atoms with Crippen molar-refractivity contribution in [2.75, 3.05) is 7.05 Å². The standard InChI is InChI=1S/C15H23N/c1-12-6-3-4-7-13(12)10-11-15(16-2)14-8-5-9-14/h3-4,6-7,14-16H,5,8-11H2,1-2H3. The fourth-order valence-electron chi connectivity index (χ4n) is 2.66. The average molecular weight is 217 g/mol. The molecule has 0 aromatic heterocycles. The Bertz CT molecular complexity index is 328. The number of aryl methyl sites for hydroxylation is 2. The molecule has 1 atom stereocenters. The highest BCUT2D eigenvalue weighted by atomic mass is 14.9. The normalized spacial score (nSPS) is 18.1. The number of benzene rings is 1. The van der Waals surface area contributed by atoms with Crippen LogP contribution >= 0.6 is 0 Å². The second-order valence-corrected chi connectivity index (χ2v) is 5.05. The van der Waals surface area contributed by atoms with Crippen molar-refractivity contribution in [2.45, 2.75) is 45.1 Å². The molecule has 1 aliphatic carbocycles. The predicted molar refractivity (Wildman–Crippen MR) is 69.7 cm³/mol.